The quantitative estimate of drug-likeness (QED) is 0.769. The van der Waals surface area contributed by atoms with Crippen LogP contribution in [0.5, 0.6) is 5.75 Å². The first-order chi connectivity index (χ1) is 12.3. The van der Waals surface area contributed by atoms with Crippen LogP contribution in [0.3, 0.4) is 0 Å². The molecule has 3 aromatic carbocycles. The second-order valence-corrected chi connectivity index (χ2v) is 6.48. The van der Waals surface area contributed by atoms with E-state index >= 15 is 0 Å². The van der Waals surface area contributed by atoms with Crippen LogP contribution in [-0.4, -0.2) is 12.5 Å². The van der Waals surface area contributed by atoms with Crippen molar-refractivity contribution in [2.24, 2.45) is 0 Å². The van der Waals surface area contributed by atoms with E-state index in [1.54, 1.807) is 0 Å². The van der Waals surface area contributed by atoms with Crippen LogP contribution in [0.2, 0.25) is 0 Å². The first-order valence-electron chi connectivity index (χ1n) is 8.79. The molecule has 0 bridgehead atoms. The van der Waals surface area contributed by atoms with Crippen LogP contribution in [-0.2, 0) is 11.2 Å². The number of hydrogen-bond acceptors (Lipinski definition) is 2. The zero-order chi connectivity index (χ0) is 17.1. The largest absolute Gasteiger partial charge is 0.483 e. The molecule has 0 saturated carbocycles. The van der Waals surface area contributed by atoms with Crippen molar-refractivity contribution in [3.05, 3.63) is 77.9 Å². The summed E-state index contributed by atoms with van der Waals surface area (Å²) in [5, 5.41) is 5.27. The fourth-order valence-corrected chi connectivity index (χ4v) is 3.60. The molecule has 4 rings (SSSR count). The lowest BCUT2D eigenvalue weighted by Crippen LogP contribution is -2.34. The van der Waals surface area contributed by atoms with Crippen molar-refractivity contribution in [3.63, 3.8) is 0 Å². The van der Waals surface area contributed by atoms with Gasteiger partial charge in [0.05, 0.1) is 6.04 Å². The van der Waals surface area contributed by atoms with Crippen LogP contribution >= 0.6 is 0 Å². The third-order valence-electron chi connectivity index (χ3n) is 4.81. The molecule has 126 valence electrons. The van der Waals surface area contributed by atoms with Crippen molar-refractivity contribution in [3.8, 4) is 5.75 Å². The van der Waals surface area contributed by atoms with Crippen molar-refractivity contribution >= 4 is 16.7 Å². The van der Waals surface area contributed by atoms with Gasteiger partial charge in [-0.25, -0.2) is 0 Å². The van der Waals surface area contributed by atoms with Gasteiger partial charge in [0, 0.05) is 5.39 Å². The number of aryl methyl sites for hydroxylation is 1. The van der Waals surface area contributed by atoms with Crippen LogP contribution in [0.25, 0.3) is 10.8 Å². The van der Waals surface area contributed by atoms with E-state index in [0.717, 1.165) is 35.8 Å². The molecule has 0 unspecified atom stereocenters. The van der Waals surface area contributed by atoms with Crippen LogP contribution in [0.15, 0.2) is 66.7 Å². The number of ether oxygens (including phenoxy) is 1. The number of hydrogen-bond donors (Lipinski definition) is 1. The van der Waals surface area contributed by atoms with Crippen molar-refractivity contribution in [1.82, 2.24) is 5.32 Å². The zero-order valence-corrected chi connectivity index (χ0v) is 14.1. The van der Waals surface area contributed by atoms with Crippen molar-refractivity contribution in [2.45, 2.75) is 25.3 Å². The van der Waals surface area contributed by atoms with Crippen LogP contribution < -0.4 is 10.1 Å². The Morgan fingerprint density at radius 3 is 2.76 bits per heavy atom. The van der Waals surface area contributed by atoms with Crippen LogP contribution in [0.4, 0.5) is 0 Å². The number of amides is 1. The number of benzene rings is 3. The van der Waals surface area contributed by atoms with Gasteiger partial charge in [-0.3, -0.25) is 4.79 Å². The summed E-state index contributed by atoms with van der Waals surface area (Å²) in [5.41, 5.74) is 2.58. The molecule has 3 nitrogen and oxygen atoms in total. The molecule has 1 amide bonds. The van der Waals surface area contributed by atoms with Crippen molar-refractivity contribution < 1.29 is 9.53 Å². The summed E-state index contributed by atoms with van der Waals surface area (Å²) in [5.74, 6) is 0.673. The molecule has 0 fully saturated rings. The summed E-state index contributed by atoms with van der Waals surface area (Å²) in [4.78, 5) is 12.4. The molecular weight excluding hydrogens is 310 g/mol. The molecule has 1 aliphatic carbocycles. The fraction of sp³-hybridized carbons (Fsp3) is 0.227. The maximum absolute atomic E-state index is 12.4. The molecule has 1 aliphatic rings. The number of fused-ring (bicyclic) bond motifs is 2. The SMILES string of the molecule is O=C(COc1cccc2ccccc12)N[C@H]1CCCc2ccccc21. The maximum Gasteiger partial charge on any atom is 0.258 e. The molecule has 0 saturated heterocycles. The maximum atomic E-state index is 12.4. The Kier molecular flexibility index (Phi) is 4.38. The highest BCUT2D eigenvalue weighted by atomic mass is 16.5. The predicted molar refractivity (Wildman–Crippen MR) is 99.7 cm³/mol. The Balaban J connectivity index is 1.43. The molecule has 0 aromatic heterocycles. The smallest absolute Gasteiger partial charge is 0.258 e. The standard InChI is InChI=1S/C22H21NO2/c24-22(23-20-13-5-9-16-7-1-3-11-18(16)20)15-25-21-14-6-10-17-8-2-4-12-19(17)21/h1-4,6-8,10-12,14,20H,5,9,13,15H2,(H,23,24)/t20-/m0/s1. The minimum Gasteiger partial charge on any atom is -0.483 e. The van der Waals surface area contributed by atoms with E-state index in [0.29, 0.717) is 0 Å². The Morgan fingerprint density at radius 2 is 1.80 bits per heavy atom. The number of carbonyl (C=O) groups excluding carboxylic acids is 1. The van der Waals surface area contributed by atoms with Gasteiger partial charge in [0.25, 0.3) is 5.91 Å². The predicted octanol–water partition coefficient (Wildman–Crippen LogP) is 4.41. The molecule has 0 heterocycles. The summed E-state index contributed by atoms with van der Waals surface area (Å²) < 4.78 is 5.80. The monoisotopic (exact) mass is 331 g/mol. The molecule has 25 heavy (non-hydrogen) atoms. The summed E-state index contributed by atoms with van der Waals surface area (Å²) >= 11 is 0. The van der Waals surface area contributed by atoms with Gasteiger partial charge in [0.1, 0.15) is 5.75 Å². The molecule has 0 spiro atoms. The lowest BCUT2D eigenvalue weighted by molar-refractivity contribution is -0.123. The molecule has 1 N–H and O–H groups in total. The van der Waals surface area contributed by atoms with E-state index in [-0.39, 0.29) is 18.6 Å². The van der Waals surface area contributed by atoms with Gasteiger partial charge in [-0.1, -0.05) is 60.7 Å². The second kappa shape index (κ2) is 6.98. The molecular formula is C22H21NO2. The van der Waals surface area contributed by atoms with E-state index < -0.39 is 0 Å². The van der Waals surface area contributed by atoms with Crippen molar-refractivity contribution in [1.29, 1.82) is 0 Å². The Hall–Kier alpha value is -2.81. The minimum absolute atomic E-state index is 0.0344. The minimum atomic E-state index is -0.0744. The van der Waals surface area contributed by atoms with Crippen LogP contribution in [0.1, 0.15) is 30.0 Å². The topological polar surface area (TPSA) is 38.3 Å². The first kappa shape index (κ1) is 15.7. The van der Waals surface area contributed by atoms with Gasteiger partial charge in [-0.15, -0.1) is 0 Å². The first-order valence-corrected chi connectivity index (χ1v) is 8.79. The Bertz CT molecular complexity index is 898. The molecule has 0 aliphatic heterocycles. The molecule has 1 atom stereocenters. The fourth-order valence-electron chi connectivity index (χ4n) is 3.60. The van der Waals surface area contributed by atoms with E-state index in [9.17, 15) is 4.79 Å². The summed E-state index contributed by atoms with van der Waals surface area (Å²) in [7, 11) is 0. The zero-order valence-electron chi connectivity index (χ0n) is 14.1. The average molecular weight is 331 g/mol. The number of rotatable bonds is 4. The normalized spacial score (nSPS) is 16.2. The highest BCUT2D eigenvalue weighted by Crippen LogP contribution is 2.29. The molecule has 3 aromatic rings. The highest BCUT2D eigenvalue weighted by Gasteiger charge is 2.21. The van der Waals surface area contributed by atoms with E-state index in [2.05, 4.69) is 23.5 Å². The molecule has 3 heteroatoms. The lowest BCUT2D eigenvalue weighted by Gasteiger charge is -2.26. The number of nitrogens with one attached hydrogen (secondary N) is 1. The van der Waals surface area contributed by atoms with E-state index in [1.807, 2.05) is 48.5 Å². The van der Waals surface area contributed by atoms with Crippen molar-refractivity contribution in [2.75, 3.05) is 6.61 Å². The van der Waals surface area contributed by atoms with Gasteiger partial charge in [-0.05, 0) is 41.8 Å². The van der Waals surface area contributed by atoms with Crippen LogP contribution in [0, 0.1) is 0 Å². The van der Waals surface area contributed by atoms with Gasteiger partial charge in [0.15, 0.2) is 6.61 Å². The van der Waals surface area contributed by atoms with Gasteiger partial charge in [0.2, 0.25) is 0 Å². The lowest BCUT2D eigenvalue weighted by atomic mass is 9.88. The second-order valence-electron chi connectivity index (χ2n) is 6.48. The third kappa shape index (κ3) is 3.36. The Morgan fingerprint density at radius 1 is 1.00 bits per heavy atom. The average Bonchev–Trinajstić information content (AvgIpc) is 2.66. The third-order valence-corrected chi connectivity index (χ3v) is 4.81. The van der Waals surface area contributed by atoms with Gasteiger partial charge < -0.3 is 10.1 Å². The molecule has 0 radical (unpaired) electrons. The Labute approximate surface area is 147 Å². The van der Waals surface area contributed by atoms with Gasteiger partial charge >= 0.3 is 0 Å². The van der Waals surface area contributed by atoms with E-state index in [4.69, 9.17) is 4.74 Å². The summed E-state index contributed by atoms with van der Waals surface area (Å²) in [6.45, 7) is 0.0344. The number of carbonyl (C=O) groups is 1. The highest BCUT2D eigenvalue weighted by molar-refractivity contribution is 5.88. The van der Waals surface area contributed by atoms with Gasteiger partial charge in [-0.2, -0.15) is 0 Å². The van der Waals surface area contributed by atoms with E-state index in [1.165, 1.54) is 11.1 Å². The summed E-state index contributed by atoms with van der Waals surface area (Å²) in [6.07, 6.45) is 3.18. The summed E-state index contributed by atoms with van der Waals surface area (Å²) in [6, 6.07) is 22.4.